The third kappa shape index (κ3) is 5.39. The van der Waals surface area contributed by atoms with Crippen LogP contribution in [-0.2, 0) is 21.4 Å². The van der Waals surface area contributed by atoms with Gasteiger partial charge in [-0.25, -0.2) is 8.42 Å². The second-order valence-corrected chi connectivity index (χ2v) is 11.1. The number of rotatable bonds is 7. The molecule has 7 nitrogen and oxygen atoms in total. The number of hydrogen-bond acceptors (Lipinski definition) is 4. The fourth-order valence-corrected chi connectivity index (χ4v) is 5.61. The molecule has 9 heteroatoms. The predicted molar refractivity (Wildman–Crippen MR) is 124 cm³/mol. The minimum atomic E-state index is -3.93. The summed E-state index contributed by atoms with van der Waals surface area (Å²) in [5, 5.41) is 5.78. The number of carbonyl (C=O) groups is 2. The van der Waals surface area contributed by atoms with E-state index in [9.17, 15) is 18.0 Å². The van der Waals surface area contributed by atoms with Crippen LogP contribution in [0.25, 0.3) is 0 Å². The summed E-state index contributed by atoms with van der Waals surface area (Å²) in [5.41, 5.74) is 1.25. The van der Waals surface area contributed by atoms with E-state index in [4.69, 9.17) is 0 Å². The summed E-state index contributed by atoms with van der Waals surface area (Å²) in [6.07, 6.45) is 4.06. The molecular weight excluding hydrogens is 494 g/mol. The van der Waals surface area contributed by atoms with E-state index in [1.54, 1.807) is 36.4 Å². The first-order valence-electron chi connectivity index (χ1n) is 10.8. The number of hydrogen-bond donors (Lipinski definition) is 2. The Bertz CT molecular complexity index is 1080. The minimum absolute atomic E-state index is 0.0427. The van der Waals surface area contributed by atoms with Gasteiger partial charge < -0.3 is 10.6 Å². The van der Waals surface area contributed by atoms with Gasteiger partial charge in [0.25, 0.3) is 5.91 Å². The van der Waals surface area contributed by atoms with Crippen LogP contribution >= 0.6 is 15.9 Å². The van der Waals surface area contributed by atoms with E-state index >= 15 is 0 Å². The van der Waals surface area contributed by atoms with Gasteiger partial charge in [0.2, 0.25) is 15.9 Å². The number of nitrogens with zero attached hydrogens (tertiary/aromatic N) is 1. The van der Waals surface area contributed by atoms with Gasteiger partial charge in [-0.05, 0) is 74.1 Å². The van der Waals surface area contributed by atoms with E-state index in [0.717, 1.165) is 30.2 Å². The molecule has 1 aliphatic carbocycles. The maximum atomic E-state index is 13.6. The van der Waals surface area contributed by atoms with Crippen molar-refractivity contribution in [3.8, 4) is 0 Å². The Kier molecular flexibility index (Phi) is 6.97. The highest BCUT2D eigenvalue weighted by Crippen LogP contribution is 2.26. The molecule has 1 heterocycles. The molecule has 0 radical (unpaired) electrons. The van der Waals surface area contributed by atoms with Gasteiger partial charge in [-0.1, -0.05) is 28.1 Å². The average molecular weight is 520 g/mol. The molecule has 1 atom stereocenters. The summed E-state index contributed by atoms with van der Waals surface area (Å²) in [5.74, 6) is -0.398. The molecule has 0 spiro atoms. The highest BCUT2D eigenvalue weighted by Gasteiger charge is 2.36. The summed E-state index contributed by atoms with van der Waals surface area (Å²) in [6, 6.07) is 12.8. The molecule has 2 N–H and O–H groups in total. The summed E-state index contributed by atoms with van der Waals surface area (Å²) >= 11 is 3.33. The number of benzene rings is 2. The van der Waals surface area contributed by atoms with E-state index in [1.165, 1.54) is 16.4 Å². The normalized spacial score (nSPS) is 19.3. The number of carbonyl (C=O) groups excluding carboxylic acids is 2. The van der Waals surface area contributed by atoms with Gasteiger partial charge in [-0.3, -0.25) is 9.59 Å². The van der Waals surface area contributed by atoms with Crippen LogP contribution in [0.2, 0.25) is 0 Å². The lowest BCUT2D eigenvalue weighted by Gasteiger charge is -2.29. The second-order valence-electron chi connectivity index (χ2n) is 8.25. The first kappa shape index (κ1) is 22.9. The molecule has 1 unspecified atom stereocenters. The van der Waals surface area contributed by atoms with E-state index in [1.807, 2.05) is 0 Å². The number of nitrogens with one attached hydrogen (secondary N) is 2. The SMILES string of the molecule is O=C(NC1CC1)c1ccc(CN(C2CCCCNC2=O)S(=O)(=O)c2ccc(Br)cc2)cc1. The first-order chi connectivity index (χ1) is 15.3. The zero-order valence-electron chi connectivity index (χ0n) is 17.6. The molecule has 170 valence electrons. The van der Waals surface area contributed by atoms with Gasteiger partial charge in [0.05, 0.1) is 4.90 Å². The highest BCUT2D eigenvalue weighted by atomic mass is 79.9. The van der Waals surface area contributed by atoms with Gasteiger partial charge in [0.1, 0.15) is 6.04 Å². The zero-order chi connectivity index (χ0) is 22.7. The quantitative estimate of drug-likeness (QED) is 0.586. The summed E-state index contributed by atoms with van der Waals surface area (Å²) in [7, 11) is -3.93. The van der Waals surface area contributed by atoms with Crippen LogP contribution in [0, 0.1) is 0 Å². The maximum Gasteiger partial charge on any atom is 0.251 e. The van der Waals surface area contributed by atoms with Crippen molar-refractivity contribution in [1.29, 1.82) is 0 Å². The van der Waals surface area contributed by atoms with Crippen LogP contribution in [0.4, 0.5) is 0 Å². The van der Waals surface area contributed by atoms with Gasteiger partial charge in [0.15, 0.2) is 0 Å². The molecule has 1 saturated heterocycles. The molecule has 2 aromatic carbocycles. The van der Waals surface area contributed by atoms with Crippen molar-refractivity contribution >= 4 is 37.8 Å². The molecule has 1 aliphatic heterocycles. The number of sulfonamides is 1. The molecule has 32 heavy (non-hydrogen) atoms. The van der Waals surface area contributed by atoms with E-state index in [0.29, 0.717) is 24.1 Å². The van der Waals surface area contributed by atoms with Crippen LogP contribution in [-0.4, -0.2) is 43.2 Å². The van der Waals surface area contributed by atoms with Crippen LogP contribution < -0.4 is 10.6 Å². The first-order valence-corrected chi connectivity index (χ1v) is 13.0. The topological polar surface area (TPSA) is 95.6 Å². The lowest BCUT2D eigenvalue weighted by atomic mass is 10.1. The average Bonchev–Trinajstić information content (AvgIpc) is 3.61. The molecule has 2 fully saturated rings. The van der Waals surface area contributed by atoms with Crippen molar-refractivity contribution in [2.75, 3.05) is 6.54 Å². The third-order valence-corrected chi connectivity index (χ3v) is 8.14. The van der Waals surface area contributed by atoms with Gasteiger partial charge in [-0.15, -0.1) is 0 Å². The van der Waals surface area contributed by atoms with Crippen molar-refractivity contribution in [1.82, 2.24) is 14.9 Å². The molecule has 0 bridgehead atoms. The lowest BCUT2D eigenvalue weighted by molar-refractivity contribution is -0.124. The van der Waals surface area contributed by atoms with Crippen LogP contribution in [0.5, 0.6) is 0 Å². The monoisotopic (exact) mass is 519 g/mol. The van der Waals surface area contributed by atoms with Crippen LogP contribution in [0.1, 0.15) is 48.0 Å². The van der Waals surface area contributed by atoms with Crippen molar-refractivity contribution in [2.24, 2.45) is 0 Å². The molecule has 4 rings (SSSR count). The maximum absolute atomic E-state index is 13.6. The van der Waals surface area contributed by atoms with Gasteiger partial charge >= 0.3 is 0 Å². The minimum Gasteiger partial charge on any atom is -0.355 e. The Morgan fingerprint density at radius 3 is 2.38 bits per heavy atom. The molecule has 1 saturated carbocycles. The Hall–Kier alpha value is -2.23. The molecule has 2 aliphatic rings. The predicted octanol–water partition coefficient (Wildman–Crippen LogP) is 3.20. The standard InChI is InChI=1S/C23H26BrN3O4S/c24-18-8-12-20(13-9-18)32(30,31)27(21-3-1-2-14-25-23(21)29)15-16-4-6-17(7-5-16)22(28)26-19-10-11-19/h4-9,12-13,19,21H,1-3,10-11,14-15H2,(H,25,29)(H,26,28). The van der Waals surface area contributed by atoms with Crippen LogP contribution in [0.15, 0.2) is 57.9 Å². The van der Waals surface area contributed by atoms with Gasteiger partial charge in [0, 0.05) is 29.2 Å². The van der Waals surface area contributed by atoms with E-state index in [-0.39, 0.29) is 29.3 Å². The summed E-state index contributed by atoms with van der Waals surface area (Å²) < 4.78 is 29.2. The Morgan fingerprint density at radius 2 is 1.72 bits per heavy atom. The molecule has 2 amide bonds. The molecule has 2 aromatic rings. The Labute approximate surface area is 196 Å². The number of halogens is 1. The van der Waals surface area contributed by atoms with Crippen molar-refractivity contribution in [3.63, 3.8) is 0 Å². The number of amides is 2. The Morgan fingerprint density at radius 1 is 1.03 bits per heavy atom. The summed E-state index contributed by atoms with van der Waals surface area (Å²) in [4.78, 5) is 25.1. The van der Waals surface area contributed by atoms with Crippen molar-refractivity contribution < 1.29 is 18.0 Å². The van der Waals surface area contributed by atoms with Crippen molar-refractivity contribution in [2.45, 2.75) is 55.6 Å². The second kappa shape index (κ2) is 9.72. The van der Waals surface area contributed by atoms with Crippen LogP contribution in [0.3, 0.4) is 0 Å². The van der Waals surface area contributed by atoms with Gasteiger partial charge in [-0.2, -0.15) is 4.31 Å². The van der Waals surface area contributed by atoms with Crippen molar-refractivity contribution in [3.05, 3.63) is 64.1 Å². The molecule has 0 aromatic heterocycles. The highest BCUT2D eigenvalue weighted by molar-refractivity contribution is 9.10. The fraction of sp³-hybridized carbons (Fsp3) is 0.391. The zero-order valence-corrected chi connectivity index (χ0v) is 20.0. The largest absolute Gasteiger partial charge is 0.355 e. The fourth-order valence-electron chi connectivity index (χ4n) is 3.74. The smallest absolute Gasteiger partial charge is 0.251 e. The van der Waals surface area contributed by atoms with E-state index in [2.05, 4.69) is 26.6 Å². The third-order valence-electron chi connectivity index (χ3n) is 5.74. The summed E-state index contributed by atoms with van der Waals surface area (Å²) in [6.45, 7) is 0.591. The van der Waals surface area contributed by atoms with E-state index < -0.39 is 16.1 Å². The Balaban J connectivity index is 1.62. The molecular formula is C23H26BrN3O4S. The lowest BCUT2D eigenvalue weighted by Crippen LogP contribution is -2.48.